The minimum Gasteiger partial charge on any atom is -0.491 e. The van der Waals surface area contributed by atoms with Gasteiger partial charge in [0.1, 0.15) is 30.1 Å². The Balaban J connectivity index is 1.67. The van der Waals surface area contributed by atoms with Gasteiger partial charge in [0.15, 0.2) is 5.82 Å². The minimum atomic E-state index is -0.693. The van der Waals surface area contributed by atoms with Crippen molar-refractivity contribution < 1.29 is 23.8 Å². The Labute approximate surface area is 212 Å². The molecule has 0 radical (unpaired) electrons. The first kappa shape index (κ1) is 25.2. The van der Waals surface area contributed by atoms with Gasteiger partial charge in [0.25, 0.3) is 0 Å². The van der Waals surface area contributed by atoms with Gasteiger partial charge in [-0.25, -0.2) is 19.2 Å². The number of aromatic nitrogens is 2. The lowest BCUT2D eigenvalue weighted by molar-refractivity contribution is 0.00795. The summed E-state index contributed by atoms with van der Waals surface area (Å²) in [6.07, 6.45) is 0.969. The summed E-state index contributed by atoms with van der Waals surface area (Å²) in [5.41, 5.74) is 0.903. The molecule has 3 aromatic rings. The summed E-state index contributed by atoms with van der Waals surface area (Å²) in [5, 5.41) is 12.8. The fraction of sp³-hybridized carbons (Fsp3) is 0.375. The number of ether oxygens (including phenoxy) is 2. The van der Waals surface area contributed by atoms with Crippen LogP contribution in [-0.2, 0) is 4.74 Å². The maximum absolute atomic E-state index is 14.6. The molecule has 0 aliphatic carbocycles. The number of halogens is 3. The summed E-state index contributed by atoms with van der Waals surface area (Å²) in [4.78, 5) is 22.6. The van der Waals surface area contributed by atoms with Gasteiger partial charge >= 0.3 is 6.09 Å². The number of aliphatic hydroxyl groups excluding tert-OH is 1. The van der Waals surface area contributed by atoms with Crippen molar-refractivity contribution >= 4 is 51.7 Å². The average molecular weight is 523 g/mol. The predicted octanol–water partition coefficient (Wildman–Crippen LogP) is 5.52. The largest absolute Gasteiger partial charge is 0.491 e. The van der Waals surface area contributed by atoms with Crippen LogP contribution in [0.3, 0.4) is 0 Å². The average Bonchev–Trinajstić information content (AvgIpc) is 2.76. The zero-order valence-corrected chi connectivity index (χ0v) is 21.0. The molecule has 1 aromatic heterocycles. The van der Waals surface area contributed by atoms with Crippen LogP contribution in [0.5, 0.6) is 5.75 Å². The molecule has 0 spiro atoms. The molecule has 2 heterocycles. The van der Waals surface area contributed by atoms with Crippen molar-refractivity contribution in [1.82, 2.24) is 14.9 Å². The van der Waals surface area contributed by atoms with Gasteiger partial charge < -0.3 is 24.8 Å². The fourth-order valence-corrected chi connectivity index (χ4v) is 4.01. The smallest absolute Gasteiger partial charge is 0.410 e. The van der Waals surface area contributed by atoms with E-state index in [1.54, 1.807) is 11.0 Å². The van der Waals surface area contributed by atoms with Gasteiger partial charge in [-0.2, -0.15) is 0 Å². The lowest BCUT2D eigenvalue weighted by Gasteiger charge is -2.40. The third-order valence-electron chi connectivity index (χ3n) is 5.38. The van der Waals surface area contributed by atoms with E-state index in [1.165, 1.54) is 18.5 Å². The van der Waals surface area contributed by atoms with Crippen molar-refractivity contribution in [2.24, 2.45) is 0 Å². The second-order valence-electron chi connectivity index (χ2n) is 9.13. The number of anilines is 2. The molecule has 1 fully saturated rings. The molecule has 1 aliphatic heterocycles. The predicted molar refractivity (Wildman–Crippen MR) is 132 cm³/mol. The molecule has 0 saturated carbocycles. The summed E-state index contributed by atoms with van der Waals surface area (Å²) in [6, 6.07) is 6.57. The van der Waals surface area contributed by atoms with Crippen LogP contribution in [-0.4, -0.2) is 58.0 Å². The number of carbonyl (C=O) groups is 1. The van der Waals surface area contributed by atoms with Gasteiger partial charge in [-0.05, 0) is 39.0 Å². The lowest BCUT2D eigenvalue weighted by atomic mass is 9.90. The number of likely N-dealkylation sites (tertiary alicyclic amines) is 1. The van der Waals surface area contributed by atoms with Crippen molar-refractivity contribution in [3.63, 3.8) is 0 Å². The molecule has 186 valence electrons. The fourth-order valence-electron chi connectivity index (χ4n) is 3.70. The highest BCUT2D eigenvalue weighted by molar-refractivity contribution is 6.42. The van der Waals surface area contributed by atoms with Crippen LogP contribution in [0.2, 0.25) is 10.0 Å². The van der Waals surface area contributed by atoms with E-state index in [4.69, 9.17) is 32.7 Å². The SMILES string of the molecule is CC(C)(C)OC(=O)N1CC(c2cc3c(Nc4ccc(Cl)c(Cl)c4F)ncnc3cc2OCCO)C1. The Hall–Kier alpha value is -2.88. The molecule has 2 N–H and O–H groups in total. The highest BCUT2D eigenvalue weighted by Gasteiger charge is 2.36. The van der Waals surface area contributed by atoms with Crippen LogP contribution in [0.1, 0.15) is 32.3 Å². The second kappa shape index (κ2) is 10.0. The van der Waals surface area contributed by atoms with Crippen molar-refractivity contribution in [2.45, 2.75) is 32.3 Å². The first-order chi connectivity index (χ1) is 16.6. The molecule has 8 nitrogen and oxygen atoms in total. The van der Waals surface area contributed by atoms with Crippen LogP contribution in [0.4, 0.5) is 20.7 Å². The zero-order valence-electron chi connectivity index (χ0n) is 19.4. The van der Waals surface area contributed by atoms with Gasteiger partial charge in [-0.1, -0.05) is 23.2 Å². The molecular formula is C24H25Cl2FN4O4. The molecule has 1 saturated heterocycles. The zero-order chi connectivity index (χ0) is 25.3. The van der Waals surface area contributed by atoms with Gasteiger partial charge in [0.05, 0.1) is 27.9 Å². The number of carbonyl (C=O) groups excluding carboxylic acids is 1. The molecular weight excluding hydrogens is 498 g/mol. The van der Waals surface area contributed by atoms with E-state index in [2.05, 4.69) is 15.3 Å². The van der Waals surface area contributed by atoms with E-state index >= 15 is 0 Å². The summed E-state index contributed by atoms with van der Waals surface area (Å²) in [7, 11) is 0. The number of rotatable bonds is 6. The van der Waals surface area contributed by atoms with Crippen LogP contribution in [0.15, 0.2) is 30.6 Å². The molecule has 0 bridgehead atoms. The topological polar surface area (TPSA) is 96.8 Å². The third kappa shape index (κ3) is 5.52. The molecule has 2 aromatic carbocycles. The van der Waals surface area contributed by atoms with Crippen molar-refractivity contribution in [3.8, 4) is 5.75 Å². The maximum Gasteiger partial charge on any atom is 0.410 e. The second-order valence-corrected chi connectivity index (χ2v) is 9.92. The molecule has 0 atom stereocenters. The number of hydrogen-bond acceptors (Lipinski definition) is 7. The van der Waals surface area contributed by atoms with E-state index in [-0.39, 0.29) is 41.0 Å². The number of benzene rings is 2. The lowest BCUT2D eigenvalue weighted by Crippen LogP contribution is -2.50. The summed E-state index contributed by atoms with van der Waals surface area (Å²) in [5.74, 6) is 0.188. The van der Waals surface area contributed by atoms with Crippen molar-refractivity contribution in [2.75, 3.05) is 31.6 Å². The normalized spacial score (nSPS) is 14.1. The van der Waals surface area contributed by atoms with E-state index in [9.17, 15) is 14.3 Å². The Morgan fingerprint density at radius 2 is 2.00 bits per heavy atom. The van der Waals surface area contributed by atoms with Crippen molar-refractivity contribution in [1.29, 1.82) is 0 Å². The standard InChI is InChI=1S/C24H25Cl2FN4O4/c1-24(2,3)35-23(33)31-10-13(11-31)14-8-15-18(9-19(14)34-7-6-32)28-12-29-22(15)30-17-5-4-16(25)20(26)21(17)27/h4-5,8-9,12-13,32H,6-7,10-11H2,1-3H3,(H,28,29,30). The van der Waals surface area contributed by atoms with E-state index < -0.39 is 11.4 Å². The molecule has 1 aliphatic rings. The highest BCUT2D eigenvalue weighted by Crippen LogP contribution is 2.39. The number of aliphatic hydroxyl groups is 1. The Bertz CT molecular complexity index is 1260. The quantitative estimate of drug-likeness (QED) is 0.411. The molecule has 4 rings (SSSR count). The number of hydrogen-bond donors (Lipinski definition) is 2. The summed E-state index contributed by atoms with van der Waals surface area (Å²) >= 11 is 11.8. The number of nitrogens with zero attached hydrogens (tertiary/aromatic N) is 3. The molecule has 35 heavy (non-hydrogen) atoms. The van der Waals surface area contributed by atoms with Crippen LogP contribution < -0.4 is 10.1 Å². The van der Waals surface area contributed by atoms with Gasteiger partial charge in [-0.3, -0.25) is 0 Å². The summed E-state index contributed by atoms with van der Waals surface area (Å²) in [6.45, 7) is 6.28. The van der Waals surface area contributed by atoms with Crippen LogP contribution in [0, 0.1) is 5.82 Å². The first-order valence-electron chi connectivity index (χ1n) is 11.0. The monoisotopic (exact) mass is 522 g/mol. The number of fused-ring (bicyclic) bond motifs is 1. The maximum atomic E-state index is 14.6. The molecule has 1 amide bonds. The van der Waals surface area contributed by atoms with E-state index in [1.807, 2.05) is 26.8 Å². The van der Waals surface area contributed by atoms with Crippen LogP contribution in [0.25, 0.3) is 10.9 Å². The highest BCUT2D eigenvalue weighted by atomic mass is 35.5. The first-order valence-corrected chi connectivity index (χ1v) is 11.7. The Morgan fingerprint density at radius 1 is 1.26 bits per heavy atom. The van der Waals surface area contributed by atoms with Crippen molar-refractivity contribution in [3.05, 3.63) is 52.0 Å². The minimum absolute atomic E-state index is 0.0321. The third-order valence-corrected chi connectivity index (χ3v) is 6.16. The Morgan fingerprint density at radius 3 is 2.69 bits per heavy atom. The Kier molecular flexibility index (Phi) is 7.21. The van der Waals surface area contributed by atoms with E-state index in [0.29, 0.717) is 35.6 Å². The van der Waals surface area contributed by atoms with Gasteiger partial charge in [0, 0.05) is 36.0 Å². The van der Waals surface area contributed by atoms with Gasteiger partial charge in [-0.15, -0.1) is 0 Å². The molecule has 0 unspecified atom stereocenters. The van der Waals surface area contributed by atoms with Crippen LogP contribution >= 0.6 is 23.2 Å². The van der Waals surface area contributed by atoms with Gasteiger partial charge in [0.2, 0.25) is 0 Å². The number of amides is 1. The molecule has 11 heteroatoms. The summed E-state index contributed by atoms with van der Waals surface area (Å²) < 4.78 is 25.9. The van der Waals surface area contributed by atoms with E-state index in [0.717, 1.165) is 5.56 Å². The number of nitrogens with one attached hydrogen (secondary N) is 1.